The lowest BCUT2D eigenvalue weighted by Crippen LogP contribution is -2.54. The van der Waals surface area contributed by atoms with Gasteiger partial charge in [0.15, 0.2) is 0 Å². The van der Waals surface area contributed by atoms with Crippen LogP contribution in [0.1, 0.15) is 51.4 Å². The molecular weight excluding hydrogens is 302 g/mol. The summed E-state index contributed by atoms with van der Waals surface area (Å²) in [5.41, 5.74) is 0. The maximum Gasteiger partial charge on any atom is 0.320 e. The van der Waals surface area contributed by atoms with Gasteiger partial charge in [-0.2, -0.15) is 0 Å². The molecule has 0 radical (unpaired) electrons. The second kappa shape index (κ2) is 6.93. The van der Waals surface area contributed by atoms with Crippen LogP contribution in [0.25, 0.3) is 0 Å². The zero-order chi connectivity index (χ0) is 16.5. The number of piperidine rings is 1. The maximum absolute atomic E-state index is 12.6. The molecule has 4 aliphatic rings. The summed E-state index contributed by atoms with van der Waals surface area (Å²) in [6.07, 6.45) is 9.66. The van der Waals surface area contributed by atoms with Crippen LogP contribution in [-0.2, 0) is 4.79 Å². The second-order valence-corrected chi connectivity index (χ2v) is 8.34. The molecule has 0 unspecified atom stereocenters. The lowest BCUT2D eigenvalue weighted by atomic mass is 9.86. The monoisotopic (exact) mass is 333 g/mol. The highest BCUT2D eigenvalue weighted by molar-refractivity contribution is 5.78. The van der Waals surface area contributed by atoms with Gasteiger partial charge in [-0.1, -0.05) is 6.42 Å². The fourth-order valence-electron chi connectivity index (χ4n) is 5.41. The molecule has 5 nitrogen and oxygen atoms in total. The van der Waals surface area contributed by atoms with Crippen LogP contribution in [0.5, 0.6) is 0 Å². The topological polar surface area (TPSA) is 43.9 Å². The lowest BCUT2D eigenvalue weighted by molar-refractivity contribution is -0.134. The Hall–Kier alpha value is -1.26. The molecule has 4 rings (SSSR count). The van der Waals surface area contributed by atoms with Crippen LogP contribution in [0.3, 0.4) is 0 Å². The Morgan fingerprint density at radius 2 is 1.42 bits per heavy atom. The summed E-state index contributed by atoms with van der Waals surface area (Å²) in [4.78, 5) is 31.1. The summed E-state index contributed by atoms with van der Waals surface area (Å²) in [5, 5.41) is 0. The standard InChI is InChI=1S/C19H31N3O2/c23-18(14-17-13-15-4-5-16(17)12-15)20-8-10-22(11-9-20)19(24)21-6-2-1-3-7-21/h15-17H,1-14H2/t15-,16-,17-/m0/s1. The van der Waals surface area contributed by atoms with Crippen LogP contribution in [0.15, 0.2) is 0 Å². The van der Waals surface area contributed by atoms with Gasteiger partial charge >= 0.3 is 6.03 Å². The SMILES string of the molecule is O=C(C[C@@H]1C[C@H]2CC[C@H]1C2)N1CCN(C(=O)N2CCCCC2)CC1. The largest absolute Gasteiger partial charge is 0.339 e. The number of urea groups is 1. The van der Waals surface area contributed by atoms with Gasteiger partial charge in [0.25, 0.3) is 0 Å². The van der Waals surface area contributed by atoms with Crippen LogP contribution in [0.2, 0.25) is 0 Å². The molecule has 2 aliphatic carbocycles. The van der Waals surface area contributed by atoms with Crippen molar-refractivity contribution in [2.24, 2.45) is 17.8 Å². The molecule has 2 saturated heterocycles. The van der Waals surface area contributed by atoms with E-state index in [0.29, 0.717) is 24.9 Å². The molecule has 3 amide bonds. The number of fused-ring (bicyclic) bond motifs is 2. The van der Waals surface area contributed by atoms with Crippen molar-refractivity contribution >= 4 is 11.9 Å². The van der Waals surface area contributed by atoms with E-state index in [1.807, 2.05) is 14.7 Å². The van der Waals surface area contributed by atoms with Crippen LogP contribution in [0.4, 0.5) is 4.79 Å². The molecule has 2 aliphatic heterocycles. The molecule has 0 aromatic carbocycles. The Morgan fingerprint density at radius 1 is 0.750 bits per heavy atom. The average Bonchev–Trinajstić information content (AvgIpc) is 3.25. The molecule has 2 saturated carbocycles. The number of hydrogen-bond donors (Lipinski definition) is 0. The van der Waals surface area contributed by atoms with Gasteiger partial charge in [-0.05, 0) is 56.3 Å². The minimum Gasteiger partial charge on any atom is -0.339 e. The van der Waals surface area contributed by atoms with Crippen LogP contribution >= 0.6 is 0 Å². The first-order valence-corrected chi connectivity index (χ1v) is 10.0. The van der Waals surface area contributed by atoms with Gasteiger partial charge in [0, 0.05) is 45.7 Å². The molecule has 4 fully saturated rings. The van der Waals surface area contributed by atoms with Crippen molar-refractivity contribution in [3.63, 3.8) is 0 Å². The van der Waals surface area contributed by atoms with Gasteiger partial charge in [-0.15, -0.1) is 0 Å². The molecule has 0 spiro atoms. The number of carbonyl (C=O) groups is 2. The highest BCUT2D eigenvalue weighted by atomic mass is 16.2. The minimum absolute atomic E-state index is 0.190. The lowest BCUT2D eigenvalue weighted by Gasteiger charge is -2.39. The fraction of sp³-hybridized carbons (Fsp3) is 0.895. The van der Waals surface area contributed by atoms with Crippen molar-refractivity contribution in [2.45, 2.75) is 51.4 Å². The van der Waals surface area contributed by atoms with E-state index in [2.05, 4.69) is 0 Å². The predicted octanol–water partition coefficient (Wildman–Crippen LogP) is 2.56. The number of piperazine rings is 1. The van der Waals surface area contributed by atoms with Crippen molar-refractivity contribution in [1.82, 2.24) is 14.7 Å². The maximum atomic E-state index is 12.6. The van der Waals surface area contributed by atoms with Gasteiger partial charge in [-0.3, -0.25) is 4.79 Å². The Labute approximate surface area is 145 Å². The second-order valence-electron chi connectivity index (χ2n) is 8.34. The van der Waals surface area contributed by atoms with E-state index in [-0.39, 0.29) is 6.03 Å². The Balaban J connectivity index is 1.23. The van der Waals surface area contributed by atoms with E-state index in [0.717, 1.165) is 57.3 Å². The summed E-state index contributed by atoms with van der Waals surface area (Å²) in [6, 6.07) is 0.190. The molecule has 0 aromatic heterocycles. The minimum atomic E-state index is 0.190. The van der Waals surface area contributed by atoms with E-state index >= 15 is 0 Å². The number of nitrogens with zero attached hydrogens (tertiary/aromatic N) is 3. The number of hydrogen-bond acceptors (Lipinski definition) is 2. The van der Waals surface area contributed by atoms with E-state index in [1.54, 1.807) is 0 Å². The van der Waals surface area contributed by atoms with Crippen molar-refractivity contribution < 1.29 is 9.59 Å². The Kier molecular flexibility index (Phi) is 4.68. The van der Waals surface area contributed by atoms with E-state index in [4.69, 9.17) is 0 Å². The normalized spacial score (nSPS) is 33.2. The fourth-order valence-corrected chi connectivity index (χ4v) is 5.41. The molecular formula is C19H31N3O2. The zero-order valence-electron chi connectivity index (χ0n) is 14.8. The summed E-state index contributed by atoms with van der Waals surface area (Å²) in [5.74, 6) is 2.70. The van der Waals surface area contributed by atoms with Gasteiger partial charge in [0.05, 0.1) is 0 Å². The molecule has 134 valence electrons. The number of carbonyl (C=O) groups excluding carboxylic acids is 2. The van der Waals surface area contributed by atoms with Crippen molar-refractivity contribution in [2.75, 3.05) is 39.3 Å². The number of likely N-dealkylation sites (tertiary alicyclic amines) is 1. The van der Waals surface area contributed by atoms with E-state index in [9.17, 15) is 9.59 Å². The third-order valence-electron chi connectivity index (χ3n) is 6.85. The summed E-state index contributed by atoms with van der Waals surface area (Å²) in [6.45, 7) is 4.67. The number of amides is 3. The first-order chi connectivity index (χ1) is 11.7. The first-order valence-electron chi connectivity index (χ1n) is 10.0. The molecule has 24 heavy (non-hydrogen) atoms. The highest BCUT2D eigenvalue weighted by Gasteiger charge is 2.41. The summed E-state index contributed by atoms with van der Waals surface area (Å²) in [7, 11) is 0. The molecule has 2 bridgehead atoms. The molecule has 0 aromatic rings. The third kappa shape index (κ3) is 3.27. The van der Waals surface area contributed by atoms with Crippen molar-refractivity contribution in [3.05, 3.63) is 0 Å². The van der Waals surface area contributed by atoms with Gasteiger partial charge in [0.2, 0.25) is 5.91 Å². The Bertz CT molecular complexity index is 481. The predicted molar refractivity (Wildman–Crippen MR) is 92.5 cm³/mol. The quantitative estimate of drug-likeness (QED) is 0.779. The first kappa shape index (κ1) is 16.2. The summed E-state index contributed by atoms with van der Waals surface area (Å²) < 4.78 is 0. The van der Waals surface area contributed by atoms with E-state index in [1.165, 1.54) is 32.1 Å². The van der Waals surface area contributed by atoms with Gasteiger partial charge in [0.1, 0.15) is 0 Å². The highest BCUT2D eigenvalue weighted by Crippen LogP contribution is 2.49. The molecule has 3 atom stereocenters. The van der Waals surface area contributed by atoms with Crippen molar-refractivity contribution in [3.8, 4) is 0 Å². The molecule has 0 N–H and O–H groups in total. The van der Waals surface area contributed by atoms with Crippen LogP contribution < -0.4 is 0 Å². The Morgan fingerprint density at radius 3 is 2.04 bits per heavy atom. The smallest absolute Gasteiger partial charge is 0.320 e. The van der Waals surface area contributed by atoms with Crippen LogP contribution in [0, 0.1) is 17.8 Å². The molecule has 5 heteroatoms. The van der Waals surface area contributed by atoms with E-state index < -0.39 is 0 Å². The molecule has 2 heterocycles. The third-order valence-corrected chi connectivity index (χ3v) is 6.85. The number of rotatable bonds is 2. The summed E-state index contributed by atoms with van der Waals surface area (Å²) >= 11 is 0. The van der Waals surface area contributed by atoms with Gasteiger partial charge in [-0.25, -0.2) is 4.79 Å². The van der Waals surface area contributed by atoms with Crippen molar-refractivity contribution in [1.29, 1.82) is 0 Å². The zero-order valence-corrected chi connectivity index (χ0v) is 14.8. The van der Waals surface area contributed by atoms with Gasteiger partial charge < -0.3 is 14.7 Å². The van der Waals surface area contributed by atoms with Crippen LogP contribution in [-0.4, -0.2) is 65.9 Å². The average molecular weight is 333 g/mol.